The standard InChI is InChI=1S/C6H5AsN2O7/c10-7(11,12)4-2-1-3-5(8(13)14)6(4)9(15)16/h1-3H,(H2,10,11,12). The van der Waals surface area contributed by atoms with Crippen LogP contribution in [-0.4, -0.2) is 32.2 Å². The van der Waals surface area contributed by atoms with Crippen molar-refractivity contribution in [2.75, 3.05) is 0 Å². The summed E-state index contributed by atoms with van der Waals surface area (Å²) >= 11 is -5.56. The zero-order chi connectivity index (χ0) is 12.5. The zero-order valence-electron chi connectivity index (χ0n) is 7.51. The molecule has 0 aliphatic heterocycles. The molecule has 0 radical (unpaired) electrons. The van der Waals surface area contributed by atoms with Crippen molar-refractivity contribution in [1.82, 2.24) is 0 Å². The number of para-hydroxylation sites is 1. The van der Waals surface area contributed by atoms with Crippen molar-refractivity contribution in [3.05, 3.63) is 38.4 Å². The second-order valence-electron chi connectivity index (χ2n) is 2.70. The number of hydrogen-bond donors (Lipinski definition) is 2. The van der Waals surface area contributed by atoms with Crippen molar-refractivity contribution >= 4 is 29.9 Å². The van der Waals surface area contributed by atoms with Crippen LogP contribution in [0.3, 0.4) is 0 Å². The molecular weight excluding hydrogens is 287 g/mol. The van der Waals surface area contributed by atoms with Crippen molar-refractivity contribution in [1.29, 1.82) is 0 Å². The van der Waals surface area contributed by atoms with E-state index in [2.05, 4.69) is 0 Å². The summed E-state index contributed by atoms with van der Waals surface area (Å²) in [5, 5.41) is 21.0. The van der Waals surface area contributed by atoms with E-state index >= 15 is 0 Å². The molecule has 1 aromatic carbocycles. The summed E-state index contributed by atoms with van der Waals surface area (Å²) in [6, 6.07) is 2.61. The predicted molar refractivity (Wildman–Crippen MR) is 50.3 cm³/mol. The summed E-state index contributed by atoms with van der Waals surface area (Å²) < 4.78 is 27.8. The van der Waals surface area contributed by atoms with E-state index in [9.17, 15) is 24.0 Å². The second kappa shape index (κ2) is 4.05. The van der Waals surface area contributed by atoms with Crippen LogP contribution >= 0.6 is 0 Å². The fourth-order valence-corrected chi connectivity index (χ4v) is 2.67. The third kappa shape index (κ3) is 2.27. The normalized spacial score (nSPS) is 11.1. The molecule has 0 aromatic heterocycles. The van der Waals surface area contributed by atoms with Gasteiger partial charge in [0.25, 0.3) is 0 Å². The Morgan fingerprint density at radius 2 is 1.69 bits per heavy atom. The summed E-state index contributed by atoms with van der Waals surface area (Å²) in [5.74, 6) is 0. The molecular formula is C6H5AsN2O7. The molecule has 2 N–H and O–H groups in total. The Labute approximate surface area is 90.6 Å². The number of nitrogens with zero attached hydrogens (tertiary/aromatic N) is 2. The number of rotatable bonds is 3. The number of hydrogen-bond acceptors (Lipinski definition) is 5. The van der Waals surface area contributed by atoms with Crippen LogP contribution in [0.5, 0.6) is 0 Å². The number of benzene rings is 1. The molecule has 0 unspecified atom stereocenters. The first-order chi connectivity index (χ1) is 7.25. The summed E-state index contributed by atoms with van der Waals surface area (Å²) in [6.07, 6.45) is 0. The Balaban J connectivity index is 3.65. The Morgan fingerprint density at radius 3 is 2.06 bits per heavy atom. The van der Waals surface area contributed by atoms with Gasteiger partial charge in [0.15, 0.2) is 0 Å². The molecule has 0 saturated heterocycles. The van der Waals surface area contributed by atoms with Crippen LogP contribution in [0.2, 0.25) is 0 Å². The van der Waals surface area contributed by atoms with Crippen LogP contribution in [0.15, 0.2) is 18.2 Å². The van der Waals surface area contributed by atoms with E-state index in [4.69, 9.17) is 8.19 Å². The van der Waals surface area contributed by atoms with Gasteiger partial charge in [-0.15, -0.1) is 0 Å². The molecule has 0 bridgehead atoms. The van der Waals surface area contributed by atoms with Gasteiger partial charge in [0.1, 0.15) is 0 Å². The first-order valence-corrected chi connectivity index (χ1v) is 7.11. The molecule has 1 rings (SSSR count). The van der Waals surface area contributed by atoms with Crippen LogP contribution in [0.1, 0.15) is 0 Å². The first-order valence-electron chi connectivity index (χ1n) is 3.73. The Kier molecular flexibility index (Phi) is 3.13. The topological polar surface area (TPSA) is 144 Å². The van der Waals surface area contributed by atoms with Gasteiger partial charge in [-0.1, -0.05) is 0 Å². The summed E-state index contributed by atoms with van der Waals surface area (Å²) in [5.41, 5.74) is -2.09. The Morgan fingerprint density at radius 1 is 1.12 bits per heavy atom. The van der Waals surface area contributed by atoms with Crippen molar-refractivity contribution in [3.8, 4) is 0 Å². The third-order valence-electron chi connectivity index (χ3n) is 1.69. The average molecular weight is 292 g/mol. The molecule has 0 atom stereocenters. The molecule has 0 aliphatic carbocycles. The molecule has 86 valence electrons. The van der Waals surface area contributed by atoms with E-state index in [1.165, 1.54) is 0 Å². The van der Waals surface area contributed by atoms with Gasteiger partial charge in [0.05, 0.1) is 0 Å². The van der Waals surface area contributed by atoms with Crippen molar-refractivity contribution in [2.45, 2.75) is 0 Å². The van der Waals surface area contributed by atoms with Gasteiger partial charge < -0.3 is 0 Å². The van der Waals surface area contributed by atoms with Gasteiger partial charge in [0, 0.05) is 0 Å². The van der Waals surface area contributed by atoms with Crippen LogP contribution < -0.4 is 4.35 Å². The van der Waals surface area contributed by atoms with Gasteiger partial charge in [-0.25, -0.2) is 0 Å². The first kappa shape index (κ1) is 12.4. The maximum absolute atomic E-state index is 11.0. The molecule has 0 spiro atoms. The number of nitro groups is 2. The minimum atomic E-state index is -5.56. The molecule has 0 saturated carbocycles. The summed E-state index contributed by atoms with van der Waals surface area (Å²) in [7, 11) is 0. The van der Waals surface area contributed by atoms with Crippen molar-refractivity contribution < 1.29 is 21.8 Å². The van der Waals surface area contributed by atoms with E-state index in [0.717, 1.165) is 18.2 Å². The molecule has 16 heavy (non-hydrogen) atoms. The molecule has 0 amide bonds. The van der Waals surface area contributed by atoms with Gasteiger partial charge in [0.2, 0.25) is 0 Å². The van der Waals surface area contributed by atoms with E-state index < -0.39 is 39.7 Å². The third-order valence-corrected chi connectivity index (χ3v) is 3.76. The monoisotopic (exact) mass is 292 g/mol. The quantitative estimate of drug-likeness (QED) is 0.415. The van der Waals surface area contributed by atoms with Crippen LogP contribution in [-0.2, 0) is 3.74 Å². The summed E-state index contributed by atoms with van der Waals surface area (Å²) in [4.78, 5) is 18.8. The molecule has 1 aromatic rings. The molecule has 0 fully saturated rings. The fraction of sp³-hybridized carbons (Fsp3) is 0. The van der Waals surface area contributed by atoms with Crippen LogP contribution in [0.4, 0.5) is 11.4 Å². The Hall–Kier alpha value is -1.70. The maximum atomic E-state index is 11.0. The van der Waals surface area contributed by atoms with E-state index in [0.29, 0.717) is 0 Å². The molecule has 10 heteroatoms. The predicted octanol–water partition coefficient (Wildman–Crippen LogP) is -0.936. The van der Waals surface area contributed by atoms with Crippen molar-refractivity contribution in [2.24, 2.45) is 0 Å². The SMILES string of the molecule is O=[N+]([O-])c1cccc([As](=O)(O)O)c1[N+](=O)[O-]. The average Bonchev–Trinajstić information content (AvgIpc) is 2.14. The fourth-order valence-electron chi connectivity index (χ4n) is 1.09. The van der Waals surface area contributed by atoms with Gasteiger partial charge in [-0.2, -0.15) is 0 Å². The second-order valence-corrected chi connectivity index (χ2v) is 6.00. The minimum absolute atomic E-state index is 0.811. The molecule has 9 nitrogen and oxygen atoms in total. The van der Waals surface area contributed by atoms with Gasteiger partial charge >= 0.3 is 90.1 Å². The Bertz CT molecular complexity index is 508. The van der Waals surface area contributed by atoms with Crippen LogP contribution in [0.25, 0.3) is 0 Å². The zero-order valence-corrected chi connectivity index (χ0v) is 9.39. The van der Waals surface area contributed by atoms with Crippen LogP contribution in [0, 0.1) is 20.2 Å². The van der Waals surface area contributed by atoms with E-state index in [1.54, 1.807) is 0 Å². The van der Waals surface area contributed by atoms with Gasteiger partial charge in [-0.05, 0) is 0 Å². The molecule has 0 heterocycles. The summed E-state index contributed by atoms with van der Waals surface area (Å²) in [6.45, 7) is 0. The number of nitro benzene ring substituents is 2. The van der Waals surface area contributed by atoms with E-state index in [-0.39, 0.29) is 0 Å². The molecule has 0 aliphatic rings. The van der Waals surface area contributed by atoms with Crippen molar-refractivity contribution in [3.63, 3.8) is 0 Å². The van der Waals surface area contributed by atoms with E-state index in [1.807, 2.05) is 0 Å². The van der Waals surface area contributed by atoms with Gasteiger partial charge in [-0.3, -0.25) is 0 Å².